The van der Waals surface area contributed by atoms with Gasteiger partial charge in [0.1, 0.15) is 6.10 Å². The van der Waals surface area contributed by atoms with Gasteiger partial charge in [0.05, 0.1) is 7.11 Å². The second kappa shape index (κ2) is 4.54. The van der Waals surface area contributed by atoms with Crippen LogP contribution < -0.4 is 9.47 Å². The van der Waals surface area contributed by atoms with Gasteiger partial charge in [0.15, 0.2) is 11.5 Å². The predicted molar refractivity (Wildman–Crippen MR) is 71.5 cm³/mol. The molecule has 1 aliphatic heterocycles. The molecule has 1 unspecified atom stereocenters. The van der Waals surface area contributed by atoms with Crippen LogP contribution in [-0.2, 0) is 6.42 Å². The lowest BCUT2D eigenvalue weighted by atomic mass is 10.0. The average molecular weight is 261 g/mol. The lowest BCUT2D eigenvalue weighted by Gasteiger charge is -2.12. The van der Waals surface area contributed by atoms with Gasteiger partial charge in [0.25, 0.3) is 0 Å². The van der Waals surface area contributed by atoms with Crippen molar-refractivity contribution in [1.29, 1.82) is 0 Å². The monoisotopic (exact) mass is 260 g/mol. The van der Waals surface area contributed by atoms with Gasteiger partial charge in [-0.25, -0.2) is 0 Å². The molecule has 1 heterocycles. The number of rotatable bonds is 2. The Morgan fingerprint density at radius 3 is 2.72 bits per heavy atom. The van der Waals surface area contributed by atoms with E-state index in [1.54, 1.807) is 13.2 Å². The smallest absolute Gasteiger partial charge is 0.165 e. The third-order valence-corrected chi connectivity index (χ3v) is 3.37. The van der Waals surface area contributed by atoms with Gasteiger partial charge < -0.3 is 9.47 Å². The van der Waals surface area contributed by atoms with Crippen LogP contribution in [0.1, 0.15) is 17.2 Å². The summed E-state index contributed by atoms with van der Waals surface area (Å²) in [6.45, 7) is 0. The van der Waals surface area contributed by atoms with Crippen molar-refractivity contribution in [2.75, 3.05) is 7.11 Å². The Kier molecular flexibility index (Phi) is 2.88. The highest BCUT2D eigenvalue weighted by atomic mass is 35.5. The van der Waals surface area contributed by atoms with E-state index in [4.69, 9.17) is 21.1 Å². The second-order valence-corrected chi connectivity index (χ2v) is 4.75. The first kappa shape index (κ1) is 11.4. The molecule has 0 radical (unpaired) electrons. The summed E-state index contributed by atoms with van der Waals surface area (Å²) >= 11 is 6.07. The minimum Gasteiger partial charge on any atom is -0.493 e. The molecule has 3 heteroatoms. The largest absolute Gasteiger partial charge is 0.493 e. The maximum absolute atomic E-state index is 6.07. The topological polar surface area (TPSA) is 18.5 Å². The van der Waals surface area contributed by atoms with E-state index >= 15 is 0 Å². The van der Waals surface area contributed by atoms with Crippen LogP contribution in [0.5, 0.6) is 11.5 Å². The summed E-state index contributed by atoms with van der Waals surface area (Å²) in [5.74, 6) is 1.52. The molecule has 0 saturated heterocycles. The van der Waals surface area contributed by atoms with Crippen LogP contribution in [0.4, 0.5) is 0 Å². The molecule has 0 bridgehead atoms. The molecule has 0 N–H and O–H groups in total. The van der Waals surface area contributed by atoms with Crippen LogP contribution in [-0.4, -0.2) is 7.11 Å². The Labute approximate surface area is 111 Å². The van der Waals surface area contributed by atoms with Gasteiger partial charge in [-0.05, 0) is 11.6 Å². The van der Waals surface area contributed by atoms with Crippen molar-refractivity contribution in [1.82, 2.24) is 0 Å². The van der Waals surface area contributed by atoms with Gasteiger partial charge in [0.2, 0.25) is 0 Å². The standard InChI is InChI=1S/C15H13ClO2/c1-17-14-9-12(16)7-11-8-13(18-15(11)14)10-5-3-2-4-6-10/h2-7,9,13H,8H2,1H3. The highest BCUT2D eigenvalue weighted by Crippen LogP contribution is 2.44. The average Bonchev–Trinajstić information content (AvgIpc) is 2.82. The molecule has 2 nitrogen and oxygen atoms in total. The third kappa shape index (κ3) is 1.93. The number of methoxy groups -OCH3 is 1. The van der Waals surface area contributed by atoms with Gasteiger partial charge in [-0.3, -0.25) is 0 Å². The quantitative estimate of drug-likeness (QED) is 0.812. The fourth-order valence-corrected chi connectivity index (χ4v) is 2.53. The van der Waals surface area contributed by atoms with E-state index in [1.165, 1.54) is 5.56 Å². The molecule has 2 aromatic rings. The summed E-state index contributed by atoms with van der Waals surface area (Å²) in [5, 5.41) is 0.683. The van der Waals surface area contributed by atoms with Gasteiger partial charge in [-0.15, -0.1) is 0 Å². The first-order chi connectivity index (χ1) is 8.78. The number of halogens is 1. The fraction of sp³-hybridized carbons (Fsp3) is 0.200. The van der Waals surface area contributed by atoms with Crippen LogP contribution in [0.25, 0.3) is 0 Å². The van der Waals surface area contributed by atoms with Gasteiger partial charge in [0, 0.05) is 23.1 Å². The number of hydrogen-bond acceptors (Lipinski definition) is 2. The summed E-state index contributed by atoms with van der Waals surface area (Å²) in [4.78, 5) is 0. The van der Waals surface area contributed by atoms with Crippen LogP contribution in [0.2, 0.25) is 5.02 Å². The normalized spacial score (nSPS) is 17.1. The van der Waals surface area contributed by atoms with E-state index in [1.807, 2.05) is 24.3 Å². The van der Waals surface area contributed by atoms with Crippen molar-refractivity contribution in [2.45, 2.75) is 12.5 Å². The molecular weight excluding hydrogens is 248 g/mol. The second-order valence-electron chi connectivity index (χ2n) is 4.32. The molecule has 18 heavy (non-hydrogen) atoms. The number of fused-ring (bicyclic) bond motifs is 1. The lowest BCUT2D eigenvalue weighted by molar-refractivity contribution is 0.229. The molecular formula is C15H13ClO2. The van der Waals surface area contributed by atoms with Gasteiger partial charge in [-0.2, -0.15) is 0 Å². The van der Waals surface area contributed by atoms with Crippen molar-refractivity contribution in [2.24, 2.45) is 0 Å². The highest BCUT2D eigenvalue weighted by molar-refractivity contribution is 6.30. The zero-order valence-electron chi connectivity index (χ0n) is 10.0. The Balaban J connectivity index is 1.96. The van der Waals surface area contributed by atoms with Crippen molar-refractivity contribution >= 4 is 11.6 Å². The van der Waals surface area contributed by atoms with E-state index < -0.39 is 0 Å². The molecule has 3 rings (SSSR count). The van der Waals surface area contributed by atoms with Gasteiger partial charge in [-0.1, -0.05) is 41.9 Å². The Morgan fingerprint density at radius 1 is 1.22 bits per heavy atom. The lowest BCUT2D eigenvalue weighted by Crippen LogP contribution is -2.02. The summed E-state index contributed by atoms with van der Waals surface area (Å²) < 4.78 is 11.3. The van der Waals surface area contributed by atoms with E-state index in [-0.39, 0.29) is 6.10 Å². The molecule has 1 aliphatic rings. The molecule has 0 saturated carbocycles. The molecule has 0 amide bonds. The summed E-state index contributed by atoms with van der Waals surface area (Å²) in [5.41, 5.74) is 2.28. The SMILES string of the molecule is COc1cc(Cl)cc2c1OC(c1ccccc1)C2. The number of ether oxygens (including phenoxy) is 2. The molecule has 92 valence electrons. The summed E-state index contributed by atoms with van der Waals surface area (Å²) in [6.07, 6.45) is 0.879. The molecule has 1 atom stereocenters. The molecule has 2 aromatic carbocycles. The first-order valence-electron chi connectivity index (χ1n) is 5.86. The molecule has 0 aromatic heterocycles. The van der Waals surface area contributed by atoms with E-state index in [0.717, 1.165) is 17.7 Å². The van der Waals surface area contributed by atoms with Crippen LogP contribution in [0.3, 0.4) is 0 Å². The van der Waals surface area contributed by atoms with Crippen LogP contribution in [0.15, 0.2) is 42.5 Å². The van der Waals surface area contributed by atoms with Crippen molar-refractivity contribution < 1.29 is 9.47 Å². The minimum atomic E-state index is 0.0496. The Morgan fingerprint density at radius 2 is 2.00 bits per heavy atom. The first-order valence-corrected chi connectivity index (χ1v) is 6.24. The van der Waals surface area contributed by atoms with E-state index in [9.17, 15) is 0 Å². The van der Waals surface area contributed by atoms with Gasteiger partial charge >= 0.3 is 0 Å². The molecule has 0 fully saturated rings. The predicted octanol–water partition coefficient (Wildman–Crippen LogP) is 4.02. The maximum Gasteiger partial charge on any atom is 0.165 e. The summed E-state index contributed by atoms with van der Waals surface area (Å²) in [6, 6.07) is 13.9. The minimum absolute atomic E-state index is 0.0496. The van der Waals surface area contributed by atoms with Crippen molar-refractivity contribution in [3.8, 4) is 11.5 Å². The van der Waals surface area contributed by atoms with Crippen LogP contribution in [0, 0.1) is 0 Å². The Hall–Kier alpha value is -1.67. The fourth-order valence-electron chi connectivity index (χ4n) is 2.30. The maximum atomic E-state index is 6.07. The van der Waals surface area contributed by atoms with E-state index in [0.29, 0.717) is 10.8 Å². The number of hydrogen-bond donors (Lipinski definition) is 0. The highest BCUT2D eigenvalue weighted by Gasteiger charge is 2.27. The Bertz CT molecular complexity index is 566. The zero-order valence-corrected chi connectivity index (χ0v) is 10.8. The van der Waals surface area contributed by atoms with Crippen LogP contribution >= 0.6 is 11.6 Å². The number of benzene rings is 2. The third-order valence-electron chi connectivity index (χ3n) is 3.15. The molecule has 0 aliphatic carbocycles. The zero-order chi connectivity index (χ0) is 12.5. The van der Waals surface area contributed by atoms with E-state index in [2.05, 4.69) is 12.1 Å². The van der Waals surface area contributed by atoms with Crippen molar-refractivity contribution in [3.63, 3.8) is 0 Å². The van der Waals surface area contributed by atoms with Crippen molar-refractivity contribution in [3.05, 3.63) is 58.6 Å². The molecule has 0 spiro atoms. The summed E-state index contributed by atoms with van der Waals surface area (Å²) in [7, 11) is 1.63.